The van der Waals surface area contributed by atoms with Gasteiger partial charge in [-0.05, 0) is 80.6 Å². The minimum Gasteiger partial charge on any atom is -0.334 e. The van der Waals surface area contributed by atoms with Crippen molar-refractivity contribution in [1.29, 1.82) is 0 Å². The van der Waals surface area contributed by atoms with Crippen molar-refractivity contribution in [1.82, 2.24) is 4.98 Å². The number of aromatic nitrogens is 1. The topological polar surface area (TPSA) is 48.8 Å². The van der Waals surface area contributed by atoms with Crippen molar-refractivity contribution >= 4 is 73.2 Å². The first-order chi connectivity index (χ1) is 17.0. The van der Waals surface area contributed by atoms with Crippen molar-refractivity contribution < 1.29 is 4.79 Å². The molecule has 6 rings (SSSR count). The summed E-state index contributed by atoms with van der Waals surface area (Å²) >= 11 is 4.77. The molecule has 1 saturated heterocycles. The van der Waals surface area contributed by atoms with Crippen LogP contribution in [0.2, 0.25) is 0 Å². The molecule has 1 fully saturated rings. The van der Waals surface area contributed by atoms with Crippen LogP contribution in [0.3, 0.4) is 0 Å². The summed E-state index contributed by atoms with van der Waals surface area (Å²) in [5.41, 5.74) is 4.79. The Morgan fingerprint density at radius 3 is 2.66 bits per heavy atom. The van der Waals surface area contributed by atoms with Gasteiger partial charge in [0.2, 0.25) is 0 Å². The molecule has 2 aliphatic heterocycles. The van der Waals surface area contributed by atoms with E-state index in [4.69, 9.17) is 4.99 Å². The number of thioether (sulfide) groups is 2. The van der Waals surface area contributed by atoms with Crippen LogP contribution in [0.1, 0.15) is 17.5 Å². The predicted molar refractivity (Wildman–Crippen MR) is 150 cm³/mol. The van der Waals surface area contributed by atoms with Crippen molar-refractivity contribution in [3.63, 3.8) is 0 Å². The number of carbonyl (C=O) groups excluding carboxylic acids is 1. The molecule has 35 heavy (non-hydrogen) atoms. The Labute approximate surface area is 216 Å². The van der Waals surface area contributed by atoms with Crippen molar-refractivity contribution in [2.75, 3.05) is 16.3 Å². The van der Waals surface area contributed by atoms with Crippen molar-refractivity contribution in [2.45, 2.75) is 25.7 Å². The molecule has 3 heterocycles. The molecule has 174 valence electrons. The highest BCUT2D eigenvalue weighted by Gasteiger charge is 2.40. The number of anilines is 2. The van der Waals surface area contributed by atoms with Gasteiger partial charge in [0.15, 0.2) is 5.17 Å². The van der Waals surface area contributed by atoms with Crippen molar-refractivity contribution in [3.8, 4) is 0 Å². The molecule has 5 nitrogen and oxygen atoms in total. The van der Waals surface area contributed by atoms with Crippen LogP contribution < -0.4 is 9.80 Å². The van der Waals surface area contributed by atoms with Crippen LogP contribution in [-0.4, -0.2) is 22.6 Å². The molecule has 1 amide bonds. The number of hydrogen-bond acceptors (Lipinski definition) is 7. The monoisotopic (exact) mass is 514 g/mol. The fourth-order valence-electron chi connectivity index (χ4n) is 4.30. The fourth-order valence-corrected chi connectivity index (χ4v) is 7.50. The van der Waals surface area contributed by atoms with E-state index in [1.807, 2.05) is 62.4 Å². The number of para-hydroxylation sites is 1. The average Bonchev–Trinajstić information content (AvgIpc) is 3.50. The SMILES string of the molecule is CCN1/C(=C2/SC(=Nc3ccc4sc(C)nc4c3)N(c3cccc(C)c3)C2=O)Sc2ccccc21. The lowest BCUT2D eigenvalue weighted by atomic mass is 10.2. The molecule has 4 aromatic rings. The van der Waals surface area contributed by atoms with E-state index in [9.17, 15) is 4.79 Å². The third-order valence-corrected chi connectivity index (χ3v) is 9.16. The molecule has 1 aromatic heterocycles. The highest BCUT2D eigenvalue weighted by molar-refractivity contribution is 8.20. The van der Waals surface area contributed by atoms with E-state index in [1.54, 1.807) is 28.0 Å². The number of carbonyl (C=O) groups is 1. The van der Waals surface area contributed by atoms with E-state index in [0.29, 0.717) is 10.1 Å². The van der Waals surface area contributed by atoms with Gasteiger partial charge in [0.1, 0.15) is 9.93 Å². The Morgan fingerprint density at radius 2 is 1.83 bits per heavy atom. The van der Waals surface area contributed by atoms with E-state index < -0.39 is 0 Å². The zero-order valence-electron chi connectivity index (χ0n) is 19.5. The standard InChI is InChI=1S/C27H22N4OS3/c1-4-30-21-10-5-6-11-23(21)34-26(30)24-25(32)31(19-9-7-8-16(2)14-19)27(35-24)29-18-12-13-22-20(15-18)28-17(3)33-22/h5-15H,4H2,1-3H3/b26-24-,29-27?. The van der Waals surface area contributed by atoms with E-state index in [-0.39, 0.29) is 5.91 Å². The molecule has 0 bridgehead atoms. The van der Waals surface area contributed by atoms with Gasteiger partial charge < -0.3 is 4.90 Å². The first-order valence-electron chi connectivity index (χ1n) is 11.4. The lowest BCUT2D eigenvalue weighted by molar-refractivity contribution is -0.113. The highest BCUT2D eigenvalue weighted by Crippen LogP contribution is 2.51. The smallest absolute Gasteiger partial charge is 0.274 e. The Balaban J connectivity index is 1.48. The fraction of sp³-hybridized carbons (Fsp3) is 0.148. The molecule has 2 aliphatic rings. The van der Waals surface area contributed by atoms with Gasteiger partial charge in [-0.3, -0.25) is 9.69 Å². The van der Waals surface area contributed by atoms with Gasteiger partial charge in [-0.2, -0.15) is 0 Å². The summed E-state index contributed by atoms with van der Waals surface area (Å²) in [5.74, 6) is -0.0429. The highest BCUT2D eigenvalue weighted by atomic mass is 32.2. The van der Waals surface area contributed by atoms with Crippen molar-refractivity contribution in [3.05, 3.63) is 87.2 Å². The molecule has 0 saturated carbocycles. The number of nitrogens with zero attached hydrogens (tertiary/aromatic N) is 4. The Hall–Kier alpha value is -3.07. The van der Waals surface area contributed by atoms with Gasteiger partial charge in [-0.25, -0.2) is 9.98 Å². The number of amidine groups is 1. The molecule has 0 N–H and O–H groups in total. The lowest BCUT2D eigenvalue weighted by Gasteiger charge is -2.19. The number of aliphatic imine (C=N–C) groups is 1. The molecule has 0 radical (unpaired) electrons. The summed E-state index contributed by atoms with van der Waals surface area (Å²) in [6.45, 7) is 6.95. The second-order valence-corrected chi connectivity index (χ2v) is 11.6. The summed E-state index contributed by atoms with van der Waals surface area (Å²) < 4.78 is 1.14. The normalized spacial score (nSPS) is 18.8. The third kappa shape index (κ3) is 3.95. The van der Waals surface area contributed by atoms with Gasteiger partial charge in [-0.1, -0.05) is 36.0 Å². The van der Waals surface area contributed by atoms with Crippen LogP contribution in [0, 0.1) is 13.8 Å². The number of fused-ring (bicyclic) bond motifs is 2. The van der Waals surface area contributed by atoms with Crippen LogP contribution in [0.15, 0.2) is 86.6 Å². The minimum atomic E-state index is -0.0429. The summed E-state index contributed by atoms with van der Waals surface area (Å²) in [5, 5.41) is 2.65. The first kappa shape index (κ1) is 22.4. The maximum absolute atomic E-state index is 13.9. The number of amides is 1. The largest absolute Gasteiger partial charge is 0.334 e. The molecule has 0 atom stereocenters. The van der Waals surface area contributed by atoms with Crippen LogP contribution in [0.5, 0.6) is 0 Å². The second-order valence-electron chi connectivity index (χ2n) is 8.31. The Bertz CT molecular complexity index is 1560. The number of thiazole rings is 1. The van der Waals surface area contributed by atoms with E-state index >= 15 is 0 Å². The maximum Gasteiger partial charge on any atom is 0.274 e. The molecule has 3 aromatic carbocycles. The quantitative estimate of drug-likeness (QED) is 0.265. The summed E-state index contributed by atoms with van der Waals surface area (Å²) in [6.07, 6.45) is 0. The molecular weight excluding hydrogens is 493 g/mol. The molecule has 0 spiro atoms. The number of aryl methyl sites for hydroxylation is 2. The lowest BCUT2D eigenvalue weighted by Crippen LogP contribution is -2.29. The van der Waals surface area contributed by atoms with Crippen molar-refractivity contribution in [2.24, 2.45) is 4.99 Å². The maximum atomic E-state index is 13.9. The Morgan fingerprint density at radius 1 is 0.971 bits per heavy atom. The zero-order valence-corrected chi connectivity index (χ0v) is 21.9. The predicted octanol–water partition coefficient (Wildman–Crippen LogP) is 7.48. The van der Waals surface area contributed by atoms with Gasteiger partial charge in [0.25, 0.3) is 5.91 Å². The molecule has 0 unspecified atom stereocenters. The second kappa shape index (κ2) is 8.86. The molecule has 0 aliphatic carbocycles. The van der Waals surface area contributed by atoms with Crippen LogP contribution in [0.25, 0.3) is 10.2 Å². The average molecular weight is 515 g/mol. The van der Waals surface area contributed by atoms with Gasteiger partial charge in [0, 0.05) is 11.4 Å². The first-order valence-corrected chi connectivity index (χ1v) is 13.8. The number of hydrogen-bond donors (Lipinski definition) is 0. The van der Waals surface area contributed by atoms with E-state index in [2.05, 4.69) is 35.0 Å². The zero-order chi connectivity index (χ0) is 24.1. The number of rotatable bonds is 3. The summed E-state index contributed by atoms with van der Waals surface area (Å²) in [7, 11) is 0. The van der Waals surface area contributed by atoms with Crippen LogP contribution >= 0.6 is 34.9 Å². The molecule has 8 heteroatoms. The van der Waals surface area contributed by atoms with Crippen LogP contribution in [0.4, 0.5) is 17.1 Å². The van der Waals surface area contributed by atoms with Gasteiger partial charge in [0.05, 0.1) is 32.3 Å². The van der Waals surface area contributed by atoms with Gasteiger partial charge in [-0.15, -0.1) is 11.3 Å². The third-order valence-electron chi connectivity index (χ3n) is 5.86. The Kier molecular flexibility index (Phi) is 5.67. The minimum absolute atomic E-state index is 0.0429. The summed E-state index contributed by atoms with van der Waals surface area (Å²) in [4.78, 5) is 29.4. The number of benzene rings is 3. The van der Waals surface area contributed by atoms with E-state index in [1.165, 1.54) is 16.7 Å². The summed E-state index contributed by atoms with van der Waals surface area (Å²) in [6, 6.07) is 22.4. The van der Waals surface area contributed by atoms with E-state index in [0.717, 1.165) is 49.4 Å². The molecular formula is C27H22N4OS3. The van der Waals surface area contributed by atoms with Gasteiger partial charge >= 0.3 is 0 Å². The van der Waals surface area contributed by atoms with Crippen LogP contribution in [-0.2, 0) is 4.79 Å².